The van der Waals surface area contributed by atoms with Crippen LogP contribution < -0.4 is 0 Å². The number of benzene rings is 2. The molecule has 0 N–H and O–H groups in total. The quantitative estimate of drug-likeness (QED) is 0.829. The van der Waals surface area contributed by atoms with Gasteiger partial charge in [-0.1, -0.05) is 18.2 Å². The van der Waals surface area contributed by atoms with Crippen molar-refractivity contribution in [1.29, 1.82) is 5.26 Å². The van der Waals surface area contributed by atoms with Crippen LogP contribution in [-0.4, -0.2) is 29.6 Å². The lowest BCUT2D eigenvalue weighted by Crippen LogP contribution is -2.32. The molecule has 0 spiro atoms. The van der Waals surface area contributed by atoms with Gasteiger partial charge in [-0.15, -0.1) is 0 Å². The SMILES string of the molecule is N#Cc1ccc(C(=O)N2CCSC(c3ccccc3F)CC2)cc1. The van der Waals surface area contributed by atoms with Crippen molar-refractivity contribution in [2.24, 2.45) is 0 Å². The Labute approximate surface area is 145 Å². The van der Waals surface area contributed by atoms with E-state index in [9.17, 15) is 9.18 Å². The van der Waals surface area contributed by atoms with Crippen LogP contribution in [0.25, 0.3) is 0 Å². The fraction of sp³-hybridized carbons (Fsp3) is 0.263. The van der Waals surface area contributed by atoms with E-state index < -0.39 is 0 Å². The molecule has 2 aromatic carbocycles. The fourth-order valence-corrected chi connectivity index (χ4v) is 4.08. The van der Waals surface area contributed by atoms with E-state index in [1.807, 2.05) is 23.1 Å². The monoisotopic (exact) mass is 340 g/mol. The van der Waals surface area contributed by atoms with Gasteiger partial charge in [0.1, 0.15) is 5.82 Å². The molecule has 0 aliphatic carbocycles. The predicted molar refractivity (Wildman–Crippen MR) is 93.3 cm³/mol. The zero-order valence-electron chi connectivity index (χ0n) is 13.1. The molecule has 2 aromatic rings. The Morgan fingerprint density at radius 1 is 1.17 bits per heavy atom. The van der Waals surface area contributed by atoms with E-state index in [1.165, 1.54) is 6.07 Å². The Kier molecular flexibility index (Phi) is 5.17. The van der Waals surface area contributed by atoms with Crippen LogP contribution in [-0.2, 0) is 0 Å². The standard InChI is InChI=1S/C19H17FN2OS/c20-17-4-2-1-3-16(17)18-9-10-22(11-12-24-18)19(23)15-7-5-14(13-21)6-8-15/h1-8,18H,9-12H2. The highest BCUT2D eigenvalue weighted by atomic mass is 32.2. The van der Waals surface area contributed by atoms with Gasteiger partial charge in [-0.25, -0.2) is 4.39 Å². The molecular formula is C19H17FN2OS. The second kappa shape index (κ2) is 7.50. The molecule has 1 saturated heterocycles. The first-order valence-corrected chi connectivity index (χ1v) is 8.89. The van der Waals surface area contributed by atoms with Gasteiger partial charge >= 0.3 is 0 Å². The summed E-state index contributed by atoms with van der Waals surface area (Å²) >= 11 is 1.70. The molecular weight excluding hydrogens is 323 g/mol. The lowest BCUT2D eigenvalue weighted by molar-refractivity contribution is 0.0766. The van der Waals surface area contributed by atoms with E-state index in [1.54, 1.807) is 42.1 Å². The van der Waals surface area contributed by atoms with E-state index in [0.29, 0.717) is 24.2 Å². The van der Waals surface area contributed by atoms with Crippen LogP contribution >= 0.6 is 11.8 Å². The van der Waals surface area contributed by atoms with E-state index in [0.717, 1.165) is 17.7 Å². The van der Waals surface area contributed by atoms with Crippen LogP contribution in [0.15, 0.2) is 48.5 Å². The van der Waals surface area contributed by atoms with Crippen LogP contribution in [0.5, 0.6) is 0 Å². The highest BCUT2D eigenvalue weighted by Crippen LogP contribution is 2.35. The summed E-state index contributed by atoms with van der Waals surface area (Å²) in [7, 11) is 0. The van der Waals surface area contributed by atoms with Crippen molar-refractivity contribution in [3.8, 4) is 6.07 Å². The number of nitriles is 1. The van der Waals surface area contributed by atoms with Crippen LogP contribution in [0.3, 0.4) is 0 Å². The van der Waals surface area contributed by atoms with E-state index >= 15 is 0 Å². The number of nitrogens with zero attached hydrogens (tertiary/aromatic N) is 2. The van der Waals surface area contributed by atoms with E-state index in [4.69, 9.17) is 5.26 Å². The Bertz CT molecular complexity index is 770. The van der Waals surface area contributed by atoms with Gasteiger partial charge in [-0.05, 0) is 36.8 Å². The topological polar surface area (TPSA) is 44.1 Å². The van der Waals surface area contributed by atoms with Crippen LogP contribution in [0.1, 0.15) is 33.2 Å². The normalized spacial score (nSPS) is 17.8. The van der Waals surface area contributed by atoms with Crippen molar-refractivity contribution in [1.82, 2.24) is 4.90 Å². The molecule has 0 bridgehead atoms. The molecule has 1 unspecified atom stereocenters. The van der Waals surface area contributed by atoms with E-state index in [2.05, 4.69) is 0 Å². The maximum Gasteiger partial charge on any atom is 0.253 e. The molecule has 24 heavy (non-hydrogen) atoms. The minimum Gasteiger partial charge on any atom is -0.338 e. The van der Waals surface area contributed by atoms with Gasteiger partial charge in [-0.3, -0.25) is 4.79 Å². The molecule has 0 radical (unpaired) electrons. The Morgan fingerprint density at radius 3 is 2.62 bits per heavy atom. The Morgan fingerprint density at radius 2 is 1.92 bits per heavy atom. The highest BCUT2D eigenvalue weighted by molar-refractivity contribution is 7.99. The van der Waals surface area contributed by atoms with Gasteiger partial charge in [0.2, 0.25) is 0 Å². The third-order valence-electron chi connectivity index (χ3n) is 4.14. The Hall–Kier alpha value is -2.32. The molecule has 1 amide bonds. The first kappa shape index (κ1) is 16.5. The van der Waals surface area contributed by atoms with Crippen molar-refractivity contribution in [2.75, 3.05) is 18.8 Å². The summed E-state index contributed by atoms with van der Waals surface area (Å²) in [6.07, 6.45) is 0.730. The fourth-order valence-electron chi connectivity index (χ4n) is 2.83. The largest absolute Gasteiger partial charge is 0.338 e. The lowest BCUT2D eigenvalue weighted by atomic mass is 10.1. The van der Waals surface area contributed by atoms with Gasteiger partial charge in [-0.2, -0.15) is 17.0 Å². The van der Waals surface area contributed by atoms with Crippen LogP contribution in [0.4, 0.5) is 4.39 Å². The third-order valence-corrected chi connectivity index (χ3v) is 5.45. The van der Waals surface area contributed by atoms with Gasteiger partial charge in [0, 0.05) is 35.2 Å². The first-order valence-electron chi connectivity index (χ1n) is 7.84. The van der Waals surface area contributed by atoms with Gasteiger partial charge in [0.15, 0.2) is 0 Å². The van der Waals surface area contributed by atoms with Gasteiger partial charge in [0.25, 0.3) is 5.91 Å². The number of amides is 1. The van der Waals surface area contributed by atoms with Crippen molar-refractivity contribution in [3.63, 3.8) is 0 Å². The molecule has 1 aliphatic heterocycles. The number of carbonyl (C=O) groups is 1. The predicted octanol–water partition coefficient (Wildman–Crippen LogP) is 4.02. The van der Waals surface area contributed by atoms with Crippen LogP contribution in [0, 0.1) is 17.1 Å². The summed E-state index contributed by atoms with van der Waals surface area (Å²) in [6, 6.07) is 15.6. The summed E-state index contributed by atoms with van der Waals surface area (Å²) in [6.45, 7) is 1.25. The number of hydrogen-bond acceptors (Lipinski definition) is 3. The summed E-state index contributed by atoms with van der Waals surface area (Å²) in [4.78, 5) is 14.4. The lowest BCUT2D eigenvalue weighted by Gasteiger charge is -2.20. The average molecular weight is 340 g/mol. The summed E-state index contributed by atoms with van der Waals surface area (Å²) in [5.74, 6) is 0.567. The number of thioether (sulfide) groups is 1. The maximum atomic E-state index is 14.0. The molecule has 122 valence electrons. The smallest absolute Gasteiger partial charge is 0.253 e. The zero-order chi connectivity index (χ0) is 16.9. The van der Waals surface area contributed by atoms with Gasteiger partial charge in [0.05, 0.1) is 11.6 Å². The van der Waals surface area contributed by atoms with E-state index in [-0.39, 0.29) is 17.0 Å². The average Bonchev–Trinajstić information content (AvgIpc) is 2.88. The molecule has 5 heteroatoms. The maximum absolute atomic E-state index is 14.0. The highest BCUT2D eigenvalue weighted by Gasteiger charge is 2.24. The summed E-state index contributed by atoms with van der Waals surface area (Å²) in [5.41, 5.74) is 1.84. The third kappa shape index (κ3) is 3.60. The molecule has 3 rings (SSSR count). The van der Waals surface area contributed by atoms with Crippen molar-refractivity contribution < 1.29 is 9.18 Å². The van der Waals surface area contributed by atoms with Crippen molar-refractivity contribution in [3.05, 3.63) is 71.0 Å². The molecule has 1 atom stereocenters. The minimum atomic E-state index is -0.179. The second-order valence-corrected chi connectivity index (χ2v) is 6.96. The summed E-state index contributed by atoms with van der Waals surface area (Å²) < 4.78 is 14.0. The van der Waals surface area contributed by atoms with Gasteiger partial charge < -0.3 is 4.90 Å². The zero-order valence-corrected chi connectivity index (χ0v) is 13.9. The Balaban J connectivity index is 1.70. The first-order chi connectivity index (χ1) is 11.7. The molecule has 1 aliphatic rings. The number of hydrogen-bond donors (Lipinski definition) is 0. The minimum absolute atomic E-state index is 0.0331. The second-order valence-electron chi connectivity index (χ2n) is 5.65. The van der Waals surface area contributed by atoms with Crippen molar-refractivity contribution in [2.45, 2.75) is 11.7 Å². The van der Waals surface area contributed by atoms with Crippen molar-refractivity contribution >= 4 is 17.7 Å². The molecule has 1 heterocycles. The number of carbonyl (C=O) groups excluding carboxylic acids is 1. The number of halogens is 1. The summed E-state index contributed by atoms with van der Waals surface area (Å²) in [5, 5.41) is 8.91. The van der Waals surface area contributed by atoms with Crippen LogP contribution in [0.2, 0.25) is 0 Å². The molecule has 1 fully saturated rings. The molecule has 3 nitrogen and oxygen atoms in total. The molecule has 0 saturated carbocycles. The molecule has 0 aromatic heterocycles. The number of rotatable bonds is 2.